The number of anilines is 1. The normalized spacial score (nSPS) is 11.6. The molecule has 2 aromatic carbocycles. The van der Waals surface area contributed by atoms with Gasteiger partial charge in [0.2, 0.25) is 10.0 Å². The van der Waals surface area contributed by atoms with Crippen LogP contribution in [0.15, 0.2) is 58.3 Å². The second kappa shape index (κ2) is 10.6. The van der Waals surface area contributed by atoms with E-state index in [1.54, 1.807) is 37.1 Å². The van der Waals surface area contributed by atoms with Gasteiger partial charge in [0.1, 0.15) is 0 Å². The number of benzene rings is 2. The summed E-state index contributed by atoms with van der Waals surface area (Å²) in [5.74, 6) is -0.225. The van der Waals surface area contributed by atoms with Gasteiger partial charge in [0.15, 0.2) is 0 Å². The van der Waals surface area contributed by atoms with Crippen LogP contribution < -0.4 is 10.0 Å². The third kappa shape index (κ3) is 6.63. The molecule has 1 amide bonds. The van der Waals surface area contributed by atoms with Gasteiger partial charge in [-0.25, -0.2) is 13.1 Å². The van der Waals surface area contributed by atoms with Gasteiger partial charge in [-0.2, -0.15) is 0 Å². The van der Waals surface area contributed by atoms with Crippen LogP contribution in [-0.4, -0.2) is 39.8 Å². The van der Waals surface area contributed by atoms with Gasteiger partial charge < -0.3 is 10.1 Å². The van der Waals surface area contributed by atoms with Gasteiger partial charge in [0.05, 0.1) is 10.5 Å². The molecule has 2 N–H and O–H groups in total. The van der Waals surface area contributed by atoms with E-state index in [1.165, 1.54) is 12.1 Å². The van der Waals surface area contributed by atoms with Gasteiger partial charge in [-0.1, -0.05) is 26.0 Å². The smallest absolute Gasteiger partial charge is 0.256 e. The fraction of sp³-hybridized carbons (Fsp3) is 0.350. The van der Waals surface area contributed by atoms with Crippen molar-refractivity contribution in [3.05, 3.63) is 54.1 Å². The number of ether oxygens (including phenoxy) is 1. The number of rotatable bonds is 10. The molecule has 152 valence electrons. The maximum atomic E-state index is 12.6. The highest BCUT2D eigenvalue weighted by atomic mass is 32.2. The van der Waals surface area contributed by atoms with E-state index in [-0.39, 0.29) is 10.8 Å². The van der Waals surface area contributed by atoms with E-state index in [2.05, 4.69) is 23.9 Å². The van der Waals surface area contributed by atoms with Crippen molar-refractivity contribution in [3.63, 3.8) is 0 Å². The van der Waals surface area contributed by atoms with E-state index in [4.69, 9.17) is 4.74 Å². The fourth-order valence-corrected chi connectivity index (χ4v) is 4.46. The third-order valence-electron chi connectivity index (χ3n) is 3.73. The Balaban J connectivity index is 2.05. The second-order valence-electron chi connectivity index (χ2n) is 6.39. The van der Waals surface area contributed by atoms with Gasteiger partial charge in [-0.15, -0.1) is 11.8 Å². The molecule has 0 heterocycles. The number of carbonyl (C=O) groups is 1. The lowest BCUT2D eigenvalue weighted by atomic mass is 10.2. The van der Waals surface area contributed by atoms with Crippen molar-refractivity contribution in [1.29, 1.82) is 0 Å². The highest BCUT2D eigenvalue weighted by molar-refractivity contribution is 8.00. The first-order valence-corrected chi connectivity index (χ1v) is 11.4. The van der Waals surface area contributed by atoms with Crippen LogP contribution in [0.2, 0.25) is 0 Å². The molecule has 0 aromatic heterocycles. The zero-order valence-corrected chi connectivity index (χ0v) is 17.9. The Bertz CT molecular complexity index is 881. The summed E-state index contributed by atoms with van der Waals surface area (Å²) in [5.41, 5.74) is 1.13. The molecule has 28 heavy (non-hydrogen) atoms. The molecule has 0 radical (unpaired) electrons. The summed E-state index contributed by atoms with van der Waals surface area (Å²) in [6, 6.07) is 13.5. The lowest BCUT2D eigenvalue weighted by Crippen LogP contribution is -2.25. The van der Waals surface area contributed by atoms with Crippen LogP contribution in [0, 0.1) is 0 Å². The van der Waals surface area contributed by atoms with Crippen molar-refractivity contribution in [2.45, 2.75) is 35.3 Å². The summed E-state index contributed by atoms with van der Waals surface area (Å²) in [6.45, 7) is 4.94. The van der Waals surface area contributed by atoms with Crippen LogP contribution in [0.4, 0.5) is 5.69 Å². The average molecular weight is 423 g/mol. The summed E-state index contributed by atoms with van der Waals surface area (Å²) >= 11 is 1.62. The maximum Gasteiger partial charge on any atom is 0.256 e. The standard InChI is InChI=1S/C20H26N2O4S2/c1-15(2)27-19-8-5-4-7-18(19)20(23)22-16-9-11-17(12-10-16)28(24,25)21-13-6-14-26-3/h4-5,7-12,15,21H,6,13-14H2,1-3H3,(H,22,23). The van der Waals surface area contributed by atoms with Crippen molar-refractivity contribution < 1.29 is 17.9 Å². The first-order valence-electron chi connectivity index (χ1n) is 8.99. The fourth-order valence-electron chi connectivity index (χ4n) is 2.43. The Morgan fingerprint density at radius 2 is 1.79 bits per heavy atom. The molecule has 0 saturated carbocycles. The largest absolute Gasteiger partial charge is 0.385 e. The highest BCUT2D eigenvalue weighted by Gasteiger charge is 2.15. The van der Waals surface area contributed by atoms with Gasteiger partial charge in [-0.3, -0.25) is 4.79 Å². The Hall–Kier alpha value is -1.87. The number of sulfonamides is 1. The summed E-state index contributed by atoms with van der Waals surface area (Å²) in [6.07, 6.45) is 0.595. The molecule has 0 atom stereocenters. The summed E-state index contributed by atoms with van der Waals surface area (Å²) in [7, 11) is -2.01. The SMILES string of the molecule is COCCCNS(=O)(=O)c1ccc(NC(=O)c2ccccc2SC(C)C)cc1. The number of nitrogens with one attached hydrogen (secondary N) is 2. The molecule has 0 spiro atoms. The van der Waals surface area contributed by atoms with E-state index in [0.29, 0.717) is 36.1 Å². The van der Waals surface area contributed by atoms with Crippen LogP contribution in [0.25, 0.3) is 0 Å². The van der Waals surface area contributed by atoms with Crippen molar-refractivity contribution >= 4 is 33.4 Å². The number of hydrogen-bond donors (Lipinski definition) is 2. The number of methoxy groups -OCH3 is 1. The van der Waals surface area contributed by atoms with Gasteiger partial charge in [-0.05, 0) is 42.8 Å². The molecule has 0 unspecified atom stereocenters. The number of amides is 1. The summed E-state index contributed by atoms with van der Waals surface area (Å²) in [4.78, 5) is 13.7. The predicted octanol–water partition coefficient (Wildman–Crippen LogP) is 3.75. The van der Waals surface area contributed by atoms with Crippen LogP contribution in [0.5, 0.6) is 0 Å². The molecule has 6 nitrogen and oxygen atoms in total. The second-order valence-corrected chi connectivity index (χ2v) is 9.77. The summed E-state index contributed by atoms with van der Waals surface area (Å²) < 4.78 is 31.9. The molecule has 0 aliphatic heterocycles. The van der Waals surface area contributed by atoms with E-state index in [0.717, 1.165) is 4.90 Å². The first kappa shape index (κ1) is 22.4. The van der Waals surface area contributed by atoms with E-state index in [9.17, 15) is 13.2 Å². The average Bonchev–Trinajstić information content (AvgIpc) is 2.65. The maximum absolute atomic E-state index is 12.6. The highest BCUT2D eigenvalue weighted by Crippen LogP contribution is 2.27. The minimum Gasteiger partial charge on any atom is -0.385 e. The number of carbonyl (C=O) groups excluding carboxylic acids is 1. The van der Waals surface area contributed by atoms with Crippen LogP contribution in [0.1, 0.15) is 30.6 Å². The molecule has 2 aromatic rings. The van der Waals surface area contributed by atoms with Crippen molar-refractivity contribution in [2.24, 2.45) is 0 Å². The van der Waals surface area contributed by atoms with Gasteiger partial charge in [0, 0.05) is 36.1 Å². The Labute approximate surface area is 171 Å². The Morgan fingerprint density at radius 3 is 2.43 bits per heavy atom. The van der Waals surface area contributed by atoms with E-state index in [1.807, 2.05) is 18.2 Å². The zero-order chi connectivity index (χ0) is 20.6. The molecule has 0 aliphatic carbocycles. The molecule has 0 fully saturated rings. The molecule has 0 saturated heterocycles. The molecule has 0 aliphatic rings. The van der Waals surface area contributed by atoms with Crippen LogP contribution in [-0.2, 0) is 14.8 Å². The minimum absolute atomic E-state index is 0.152. The quantitative estimate of drug-likeness (QED) is 0.450. The number of hydrogen-bond acceptors (Lipinski definition) is 5. The minimum atomic E-state index is -3.58. The monoisotopic (exact) mass is 422 g/mol. The molecular weight excluding hydrogens is 396 g/mol. The molecular formula is C20H26N2O4S2. The Kier molecular flexibility index (Phi) is 8.50. The summed E-state index contributed by atoms with van der Waals surface area (Å²) in [5, 5.41) is 3.18. The van der Waals surface area contributed by atoms with Gasteiger partial charge >= 0.3 is 0 Å². The van der Waals surface area contributed by atoms with E-state index >= 15 is 0 Å². The van der Waals surface area contributed by atoms with E-state index < -0.39 is 10.0 Å². The van der Waals surface area contributed by atoms with Crippen LogP contribution in [0.3, 0.4) is 0 Å². The van der Waals surface area contributed by atoms with Crippen molar-refractivity contribution in [1.82, 2.24) is 4.72 Å². The molecule has 2 rings (SSSR count). The lowest BCUT2D eigenvalue weighted by Gasteiger charge is -2.12. The molecule has 0 bridgehead atoms. The Morgan fingerprint density at radius 1 is 1.11 bits per heavy atom. The molecule has 8 heteroatoms. The van der Waals surface area contributed by atoms with Crippen LogP contribution >= 0.6 is 11.8 Å². The zero-order valence-electron chi connectivity index (χ0n) is 16.3. The third-order valence-corrected chi connectivity index (χ3v) is 6.29. The first-order chi connectivity index (χ1) is 13.3. The van der Waals surface area contributed by atoms with Crippen molar-refractivity contribution in [2.75, 3.05) is 25.6 Å². The van der Waals surface area contributed by atoms with Gasteiger partial charge in [0.25, 0.3) is 5.91 Å². The number of thioether (sulfide) groups is 1. The lowest BCUT2D eigenvalue weighted by molar-refractivity contribution is 0.102. The topological polar surface area (TPSA) is 84.5 Å². The predicted molar refractivity (Wildman–Crippen MR) is 114 cm³/mol. The van der Waals surface area contributed by atoms with Crippen molar-refractivity contribution in [3.8, 4) is 0 Å².